The van der Waals surface area contributed by atoms with Gasteiger partial charge in [0, 0.05) is 11.3 Å². The Balaban J connectivity index is 1.74. The van der Waals surface area contributed by atoms with Crippen LogP contribution in [0.1, 0.15) is 31.9 Å². The standard InChI is InChI=1S/C22H21BrN2O3S/c1-13-8-9-17(16(23)10-13)28-12-19(26)25-22-20(21(24)27)14(2)18(29-22)11-15-6-4-3-5-7-15/h3-10H,11-12H2,1-2H3,(H2,24,27)(H,25,26). The highest BCUT2D eigenvalue weighted by Gasteiger charge is 2.21. The van der Waals surface area contributed by atoms with Crippen LogP contribution in [-0.4, -0.2) is 18.4 Å². The molecular formula is C22H21BrN2O3S. The smallest absolute Gasteiger partial charge is 0.262 e. The Hall–Kier alpha value is -2.64. The first-order valence-electron chi connectivity index (χ1n) is 9.00. The number of anilines is 1. The third-order valence-corrected chi connectivity index (χ3v) is 6.23. The minimum absolute atomic E-state index is 0.176. The van der Waals surface area contributed by atoms with E-state index in [0.29, 0.717) is 22.7 Å². The highest BCUT2D eigenvalue weighted by molar-refractivity contribution is 9.10. The average molecular weight is 473 g/mol. The highest BCUT2D eigenvalue weighted by atomic mass is 79.9. The monoisotopic (exact) mass is 472 g/mol. The summed E-state index contributed by atoms with van der Waals surface area (Å²) in [6, 6.07) is 15.6. The van der Waals surface area contributed by atoms with Crippen LogP contribution in [0.2, 0.25) is 0 Å². The summed E-state index contributed by atoms with van der Waals surface area (Å²) < 4.78 is 6.37. The third kappa shape index (κ3) is 5.25. The Bertz CT molecular complexity index is 1050. The van der Waals surface area contributed by atoms with Gasteiger partial charge in [-0.3, -0.25) is 9.59 Å². The molecule has 1 heterocycles. The van der Waals surface area contributed by atoms with E-state index in [2.05, 4.69) is 21.2 Å². The number of thiophene rings is 1. The van der Waals surface area contributed by atoms with Crippen LogP contribution in [-0.2, 0) is 11.2 Å². The van der Waals surface area contributed by atoms with Crippen molar-refractivity contribution in [3.8, 4) is 5.75 Å². The highest BCUT2D eigenvalue weighted by Crippen LogP contribution is 2.34. The van der Waals surface area contributed by atoms with Crippen LogP contribution in [0.5, 0.6) is 5.75 Å². The van der Waals surface area contributed by atoms with E-state index in [1.807, 2.05) is 56.3 Å². The normalized spacial score (nSPS) is 10.6. The van der Waals surface area contributed by atoms with E-state index in [1.165, 1.54) is 11.3 Å². The molecule has 3 aromatic rings. The minimum Gasteiger partial charge on any atom is -0.483 e. The molecule has 1 aromatic heterocycles. The van der Waals surface area contributed by atoms with E-state index in [-0.39, 0.29) is 12.5 Å². The Labute approximate surface area is 182 Å². The minimum atomic E-state index is -0.560. The topological polar surface area (TPSA) is 81.4 Å². The first-order chi connectivity index (χ1) is 13.8. The van der Waals surface area contributed by atoms with Gasteiger partial charge in [0.25, 0.3) is 11.8 Å². The molecule has 0 unspecified atom stereocenters. The molecule has 29 heavy (non-hydrogen) atoms. The van der Waals surface area contributed by atoms with Gasteiger partial charge in [0.2, 0.25) is 0 Å². The molecule has 5 nitrogen and oxygen atoms in total. The Morgan fingerprint density at radius 1 is 1.14 bits per heavy atom. The molecule has 2 amide bonds. The molecule has 3 rings (SSSR count). The van der Waals surface area contributed by atoms with Gasteiger partial charge in [-0.2, -0.15) is 0 Å². The van der Waals surface area contributed by atoms with Gasteiger partial charge in [-0.15, -0.1) is 11.3 Å². The molecule has 0 aliphatic carbocycles. The Morgan fingerprint density at radius 3 is 2.52 bits per heavy atom. The molecule has 0 atom stereocenters. The molecule has 2 aromatic carbocycles. The maximum Gasteiger partial charge on any atom is 0.262 e. The fourth-order valence-electron chi connectivity index (χ4n) is 2.92. The van der Waals surface area contributed by atoms with Gasteiger partial charge in [-0.1, -0.05) is 36.4 Å². The van der Waals surface area contributed by atoms with Crippen LogP contribution in [0.25, 0.3) is 0 Å². The quantitative estimate of drug-likeness (QED) is 0.516. The van der Waals surface area contributed by atoms with E-state index in [0.717, 1.165) is 26.0 Å². The maximum absolute atomic E-state index is 12.4. The van der Waals surface area contributed by atoms with Crippen molar-refractivity contribution in [3.63, 3.8) is 0 Å². The lowest BCUT2D eigenvalue weighted by Crippen LogP contribution is -2.22. The summed E-state index contributed by atoms with van der Waals surface area (Å²) in [4.78, 5) is 25.4. The first-order valence-corrected chi connectivity index (χ1v) is 10.6. The SMILES string of the molecule is Cc1ccc(OCC(=O)Nc2sc(Cc3ccccc3)c(C)c2C(N)=O)c(Br)c1. The Kier molecular flexibility index (Phi) is 6.71. The van der Waals surface area contributed by atoms with Crippen molar-refractivity contribution in [2.45, 2.75) is 20.3 Å². The number of benzene rings is 2. The summed E-state index contributed by atoms with van der Waals surface area (Å²) in [6.45, 7) is 3.65. The average Bonchev–Trinajstić information content (AvgIpc) is 2.97. The van der Waals surface area contributed by atoms with Gasteiger partial charge in [0.1, 0.15) is 10.8 Å². The molecule has 3 N–H and O–H groups in total. The van der Waals surface area contributed by atoms with Crippen LogP contribution in [0, 0.1) is 13.8 Å². The molecule has 0 saturated heterocycles. The lowest BCUT2D eigenvalue weighted by atomic mass is 10.1. The molecule has 0 saturated carbocycles. The number of nitrogens with two attached hydrogens (primary N) is 1. The molecule has 0 bridgehead atoms. The van der Waals surface area contributed by atoms with Crippen molar-refractivity contribution in [1.29, 1.82) is 0 Å². The van der Waals surface area contributed by atoms with Gasteiger partial charge in [0.15, 0.2) is 6.61 Å². The summed E-state index contributed by atoms with van der Waals surface area (Å²) in [5, 5.41) is 3.23. The van der Waals surface area contributed by atoms with Crippen LogP contribution in [0.4, 0.5) is 5.00 Å². The predicted octanol–water partition coefficient (Wildman–Crippen LogP) is 4.83. The largest absolute Gasteiger partial charge is 0.483 e. The zero-order valence-electron chi connectivity index (χ0n) is 16.1. The van der Waals surface area contributed by atoms with Crippen molar-refractivity contribution in [2.24, 2.45) is 5.73 Å². The molecular weight excluding hydrogens is 452 g/mol. The number of aryl methyl sites for hydroxylation is 1. The van der Waals surface area contributed by atoms with Crippen molar-refractivity contribution >= 4 is 44.1 Å². The zero-order valence-corrected chi connectivity index (χ0v) is 18.5. The van der Waals surface area contributed by atoms with E-state index < -0.39 is 5.91 Å². The van der Waals surface area contributed by atoms with Gasteiger partial charge < -0.3 is 15.8 Å². The number of rotatable bonds is 7. The summed E-state index contributed by atoms with van der Waals surface area (Å²) in [5.41, 5.74) is 8.93. The van der Waals surface area contributed by atoms with E-state index >= 15 is 0 Å². The number of halogens is 1. The van der Waals surface area contributed by atoms with E-state index in [4.69, 9.17) is 10.5 Å². The number of primary amides is 1. The lowest BCUT2D eigenvalue weighted by Gasteiger charge is -2.09. The van der Waals surface area contributed by atoms with Crippen LogP contribution >= 0.6 is 27.3 Å². The Morgan fingerprint density at radius 2 is 1.86 bits per heavy atom. The van der Waals surface area contributed by atoms with Crippen molar-refractivity contribution in [1.82, 2.24) is 0 Å². The second-order valence-corrected chi connectivity index (χ2v) is 8.61. The molecule has 0 fully saturated rings. The number of hydrogen-bond acceptors (Lipinski definition) is 4. The number of ether oxygens (including phenoxy) is 1. The second kappa shape index (κ2) is 9.24. The van der Waals surface area contributed by atoms with Gasteiger partial charge in [-0.25, -0.2) is 0 Å². The molecule has 150 valence electrons. The summed E-state index contributed by atoms with van der Waals surface area (Å²) >= 11 is 4.79. The zero-order chi connectivity index (χ0) is 21.0. The van der Waals surface area contributed by atoms with Gasteiger partial charge >= 0.3 is 0 Å². The predicted molar refractivity (Wildman–Crippen MR) is 120 cm³/mol. The lowest BCUT2D eigenvalue weighted by molar-refractivity contribution is -0.118. The van der Waals surface area contributed by atoms with Crippen molar-refractivity contribution in [2.75, 3.05) is 11.9 Å². The molecule has 0 aliphatic rings. The number of carbonyl (C=O) groups is 2. The molecule has 0 spiro atoms. The number of carbonyl (C=O) groups excluding carboxylic acids is 2. The molecule has 0 aliphatic heterocycles. The number of amides is 2. The van der Waals surface area contributed by atoms with Crippen LogP contribution in [0.3, 0.4) is 0 Å². The van der Waals surface area contributed by atoms with E-state index in [9.17, 15) is 9.59 Å². The maximum atomic E-state index is 12.4. The van der Waals surface area contributed by atoms with Crippen LogP contribution in [0.15, 0.2) is 53.0 Å². The molecule has 0 radical (unpaired) electrons. The fourth-order valence-corrected chi connectivity index (χ4v) is 4.79. The number of hydrogen-bond donors (Lipinski definition) is 2. The third-order valence-electron chi connectivity index (χ3n) is 4.40. The van der Waals surface area contributed by atoms with Gasteiger partial charge in [0.05, 0.1) is 10.0 Å². The summed E-state index contributed by atoms with van der Waals surface area (Å²) in [7, 11) is 0. The summed E-state index contributed by atoms with van der Waals surface area (Å²) in [5.74, 6) is -0.337. The van der Waals surface area contributed by atoms with E-state index in [1.54, 1.807) is 6.07 Å². The first kappa shape index (κ1) is 21.1. The number of nitrogens with one attached hydrogen (secondary N) is 1. The fraction of sp³-hybridized carbons (Fsp3) is 0.182. The van der Waals surface area contributed by atoms with Crippen molar-refractivity contribution < 1.29 is 14.3 Å². The van der Waals surface area contributed by atoms with Crippen molar-refractivity contribution in [3.05, 3.63) is 80.1 Å². The van der Waals surface area contributed by atoms with Crippen LogP contribution < -0.4 is 15.8 Å². The second-order valence-electron chi connectivity index (χ2n) is 6.65. The summed E-state index contributed by atoms with van der Waals surface area (Å²) in [6.07, 6.45) is 0.667. The van der Waals surface area contributed by atoms with Gasteiger partial charge in [-0.05, 0) is 58.6 Å². The molecule has 7 heteroatoms.